The standard InChI is InChI=1S/C16H14ClFN2O2/c1-11-2-7-14(8-15(11)18)20-16(21)10-22-19-9-12-3-5-13(17)6-4-12/h2-9H,10H2,1H3,(H,20,21)/b19-9-. The van der Waals surface area contributed by atoms with Crippen LogP contribution in [0.15, 0.2) is 47.6 Å². The van der Waals surface area contributed by atoms with Gasteiger partial charge < -0.3 is 10.2 Å². The maximum absolute atomic E-state index is 13.3. The SMILES string of the molecule is Cc1ccc(NC(=O)CO/N=C\c2ccc(Cl)cc2)cc1F. The van der Waals surface area contributed by atoms with E-state index in [2.05, 4.69) is 10.5 Å². The number of nitrogens with zero attached hydrogens (tertiary/aromatic N) is 1. The predicted molar refractivity (Wildman–Crippen MR) is 84.8 cm³/mol. The topological polar surface area (TPSA) is 50.7 Å². The summed E-state index contributed by atoms with van der Waals surface area (Å²) in [7, 11) is 0. The van der Waals surface area contributed by atoms with Crippen LogP contribution in [0.2, 0.25) is 5.02 Å². The zero-order chi connectivity index (χ0) is 15.9. The van der Waals surface area contributed by atoms with Crippen LogP contribution in [-0.4, -0.2) is 18.7 Å². The number of aryl methyl sites for hydroxylation is 1. The van der Waals surface area contributed by atoms with E-state index >= 15 is 0 Å². The highest BCUT2D eigenvalue weighted by molar-refractivity contribution is 6.30. The van der Waals surface area contributed by atoms with E-state index < -0.39 is 5.91 Å². The number of rotatable bonds is 5. The molecule has 1 amide bonds. The molecule has 4 nitrogen and oxygen atoms in total. The molecule has 6 heteroatoms. The van der Waals surface area contributed by atoms with Crippen molar-refractivity contribution in [1.82, 2.24) is 0 Å². The molecule has 0 atom stereocenters. The fraction of sp³-hybridized carbons (Fsp3) is 0.125. The molecule has 0 heterocycles. The minimum absolute atomic E-state index is 0.264. The van der Waals surface area contributed by atoms with Crippen LogP contribution in [0.25, 0.3) is 0 Å². The van der Waals surface area contributed by atoms with E-state index in [9.17, 15) is 9.18 Å². The summed E-state index contributed by atoms with van der Waals surface area (Å²) < 4.78 is 13.3. The number of hydrogen-bond acceptors (Lipinski definition) is 3. The van der Waals surface area contributed by atoms with Gasteiger partial charge in [0.15, 0.2) is 6.61 Å². The number of nitrogens with one attached hydrogen (secondary N) is 1. The molecule has 0 spiro atoms. The Bertz CT molecular complexity index is 687. The van der Waals surface area contributed by atoms with Crippen LogP contribution >= 0.6 is 11.6 Å². The molecule has 0 fully saturated rings. The lowest BCUT2D eigenvalue weighted by Gasteiger charge is -2.05. The van der Waals surface area contributed by atoms with Crippen molar-refractivity contribution >= 4 is 29.4 Å². The quantitative estimate of drug-likeness (QED) is 0.673. The maximum atomic E-state index is 13.3. The van der Waals surface area contributed by atoms with Gasteiger partial charge >= 0.3 is 0 Å². The number of carbonyl (C=O) groups is 1. The van der Waals surface area contributed by atoms with Gasteiger partial charge in [0.1, 0.15) is 5.82 Å². The van der Waals surface area contributed by atoms with Crippen molar-refractivity contribution in [2.45, 2.75) is 6.92 Å². The lowest BCUT2D eigenvalue weighted by Crippen LogP contribution is -2.17. The van der Waals surface area contributed by atoms with Crippen LogP contribution in [-0.2, 0) is 9.63 Å². The summed E-state index contributed by atoms with van der Waals surface area (Å²) >= 11 is 5.76. The summed E-state index contributed by atoms with van der Waals surface area (Å²) in [5.74, 6) is -0.795. The minimum Gasteiger partial charge on any atom is -0.386 e. The summed E-state index contributed by atoms with van der Waals surface area (Å²) in [6.07, 6.45) is 1.47. The Labute approximate surface area is 132 Å². The molecule has 0 saturated heterocycles. The number of halogens is 2. The number of hydrogen-bond donors (Lipinski definition) is 1. The highest BCUT2D eigenvalue weighted by Gasteiger charge is 2.04. The average molecular weight is 321 g/mol. The first kappa shape index (κ1) is 16.0. The molecule has 0 bridgehead atoms. The highest BCUT2D eigenvalue weighted by Crippen LogP contribution is 2.13. The molecule has 0 aliphatic heterocycles. The first-order valence-electron chi connectivity index (χ1n) is 6.51. The Morgan fingerprint density at radius 2 is 2.05 bits per heavy atom. The van der Waals surface area contributed by atoms with Crippen molar-refractivity contribution < 1.29 is 14.0 Å². The first-order chi connectivity index (χ1) is 10.5. The Hall–Kier alpha value is -2.40. The molecule has 1 N–H and O–H groups in total. The molecule has 0 aliphatic carbocycles. The largest absolute Gasteiger partial charge is 0.386 e. The van der Waals surface area contributed by atoms with E-state index in [0.29, 0.717) is 16.3 Å². The second-order valence-corrected chi connectivity index (χ2v) is 5.01. The van der Waals surface area contributed by atoms with Crippen molar-refractivity contribution in [3.8, 4) is 0 Å². The molecule has 2 rings (SSSR count). The number of anilines is 1. The second-order valence-electron chi connectivity index (χ2n) is 4.57. The zero-order valence-corrected chi connectivity index (χ0v) is 12.6. The van der Waals surface area contributed by atoms with Gasteiger partial charge in [0, 0.05) is 10.7 Å². The van der Waals surface area contributed by atoms with Crippen molar-refractivity contribution in [3.05, 3.63) is 64.4 Å². The van der Waals surface area contributed by atoms with E-state index in [-0.39, 0.29) is 12.4 Å². The summed E-state index contributed by atoms with van der Waals surface area (Å²) in [5.41, 5.74) is 1.69. The lowest BCUT2D eigenvalue weighted by atomic mass is 10.2. The summed E-state index contributed by atoms with van der Waals surface area (Å²) in [6.45, 7) is 1.38. The number of amides is 1. The maximum Gasteiger partial charge on any atom is 0.265 e. The van der Waals surface area contributed by atoms with Crippen LogP contribution in [0.3, 0.4) is 0 Å². The Kier molecular flexibility index (Phi) is 5.49. The van der Waals surface area contributed by atoms with Crippen LogP contribution in [0, 0.1) is 12.7 Å². The van der Waals surface area contributed by atoms with Crippen LogP contribution < -0.4 is 5.32 Å². The van der Waals surface area contributed by atoms with Crippen LogP contribution in [0.1, 0.15) is 11.1 Å². The predicted octanol–water partition coefficient (Wildman–Crippen LogP) is 3.78. The number of oxime groups is 1. The third-order valence-electron chi connectivity index (χ3n) is 2.80. The summed E-state index contributed by atoms with van der Waals surface area (Å²) in [6, 6.07) is 11.4. The van der Waals surface area contributed by atoms with Crippen molar-refractivity contribution in [1.29, 1.82) is 0 Å². The molecule has 0 aromatic heterocycles. The minimum atomic E-state index is -0.420. The van der Waals surface area contributed by atoms with E-state index in [1.54, 1.807) is 43.3 Å². The molecular weight excluding hydrogens is 307 g/mol. The van der Waals surface area contributed by atoms with Crippen molar-refractivity contribution in [2.75, 3.05) is 11.9 Å². The van der Waals surface area contributed by atoms with Gasteiger partial charge in [-0.1, -0.05) is 35.0 Å². The van der Waals surface area contributed by atoms with Crippen LogP contribution in [0.4, 0.5) is 10.1 Å². The number of benzene rings is 2. The van der Waals surface area contributed by atoms with E-state index in [4.69, 9.17) is 16.4 Å². The Morgan fingerprint density at radius 3 is 2.73 bits per heavy atom. The Balaban J connectivity index is 1.80. The molecule has 2 aromatic rings. The van der Waals surface area contributed by atoms with Gasteiger partial charge in [-0.05, 0) is 42.3 Å². The first-order valence-corrected chi connectivity index (χ1v) is 6.89. The van der Waals surface area contributed by atoms with Gasteiger partial charge in [0.05, 0.1) is 6.21 Å². The molecule has 0 radical (unpaired) electrons. The van der Waals surface area contributed by atoms with Crippen molar-refractivity contribution in [2.24, 2.45) is 5.16 Å². The average Bonchev–Trinajstić information content (AvgIpc) is 2.49. The fourth-order valence-electron chi connectivity index (χ4n) is 1.61. The second kappa shape index (κ2) is 7.56. The van der Waals surface area contributed by atoms with Crippen LogP contribution in [0.5, 0.6) is 0 Å². The smallest absolute Gasteiger partial charge is 0.265 e. The molecule has 22 heavy (non-hydrogen) atoms. The molecule has 114 valence electrons. The molecule has 2 aromatic carbocycles. The molecule has 0 unspecified atom stereocenters. The third-order valence-corrected chi connectivity index (χ3v) is 3.05. The van der Waals surface area contributed by atoms with Gasteiger partial charge in [-0.25, -0.2) is 4.39 Å². The van der Waals surface area contributed by atoms with E-state index in [1.807, 2.05) is 0 Å². The molecule has 0 saturated carbocycles. The summed E-state index contributed by atoms with van der Waals surface area (Å²) in [4.78, 5) is 16.5. The number of carbonyl (C=O) groups excluding carboxylic acids is 1. The fourth-order valence-corrected chi connectivity index (χ4v) is 1.74. The monoisotopic (exact) mass is 320 g/mol. The van der Waals surface area contributed by atoms with Gasteiger partial charge in [0.25, 0.3) is 5.91 Å². The highest BCUT2D eigenvalue weighted by atomic mass is 35.5. The van der Waals surface area contributed by atoms with Gasteiger partial charge in [-0.3, -0.25) is 4.79 Å². The van der Waals surface area contributed by atoms with E-state index in [1.165, 1.54) is 12.3 Å². The van der Waals surface area contributed by atoms with Gasteiger partial charge in [-0.2, -0.15) is 0 Å². The normalized spacial score (nSPS) is 10.7. The molecule has 0 aliphatic rings. The summed E-state index contributed by atoms with van der Waals surface area (Å²) in [5, 5.41) is 6.83. The van der Waals surface area contributed by atoms with Crippen molar-refractivity contribution in [3.63, 3.8) is 0 Å². The van der Waals surface area contributed by atoms with Gasteiger partial charge in [0.2, 0.25) is 0 Å². The zero-order valence-electron chi connectivity index (χ0n) is 11.8. The lowest BCUT2D eigenvalue weighted by molar-refractivity contribution is -0.120. The van der Waals surface area contributed by atoms with Gasteiger partial charge in [-0.15, -0.1) is 0 Å². The third kappa shape index (κ3) is 4.86. The molecular formula is C16H14ClFN2O2. The van der Waals surface area contributed by atoms with E-state index in [0.717, 1.165) is 5.56 Å². The Morgan fingerprint density at radius 1 is 1.32 bits per heavy atom.